The Kier molecular flexibility index (Phi) is 9.78. The monoisotopic (exact) mass is 566 g/mol. The topological polar surface area (TPSA) is 188 Å². The van der Waals surface area contributed by atoms with Gasteiger partial charge in [0.15, 0.2) is 5.69 Å². The summed E-state index contributed by atoms with van der Waals surface area (Å²) in [6, 6.07) is 4.42. The molecule has 36 heavy (non-hydrogen) atoms. The molecule has 1 unspecified atom stereocenters. The lowest BCUT2D eigenvalue weighted by Gasteiger charge is -2.19. The molecule has 0 saturated carbocycles. The van der Waals surface area contributed by atoms with Crippen LogP contribution in [0.5, 0.6) is 5.75 Å². The number of amides is 1. The van der Waals surface area contributed by atoms with Crippen molar-refractivity contribution < 1.29 is 28.9 Å². The second kappa shape index (κ2) is 12.5. The van der Waals surface area contributed by atoms with E-state index in [1.54, 1.807) is 13.8 Å². The van der Waals surface area contributed by atoms with Gasteiger partial charge >= 0.3 is 11.7 Å². The van der Waals surface area contributed by atoms with E-state index in [9.17, 15) is 29.8 Å². The maximum atomic E-state index is 11.8. The Morgan fingerprint density at radius 2 is 1.81 bits per heavy atom. The van der Waals surface area contributed by atoms with Crippen LogP contribution in [-0.4, -0.2) is 41.5 Å². The molecular formula is C21H23BrN6O8. The van der Waals surface area contributed by atoms with E-state index in [-0.39, 0.29) is 52.3 Å². The standard InChI is InChI=1S/C21H23BrN6O8/c1-5-36-20(30)6-11(2)23-17-9-15(24-12(3)29)16(10-19(17)35-4)25-26-21-14(22)7-13(27(31)32)8-18(21)28(33)34/h7-11,23H,5-6H2,1-4H3,(H,24,29). The number of esters is 1. The number of nitro groups is 2. The van der Waals surface area contributed by atoms with Gasteiger partial charge < -0.3 is 20.1 Å². The molecule has 0 aliphatic heterocycles. The van der Waals surface area contributed by atoms with E-state index in [1.807, 2.05) is 0 Å². The molecule has 1 amide bonds. The predicted octanol–water partition coefficient (Wildman–Crippen LogP) is 5.40. The molecule has 15 heteroatoms. The van der Waals surface area contributed by atoms with Crippen LogP contribution >= 0.6 is 15.9 Å². The summed E-state index contributed by atoms with van der Waals surface area (Å²) >= 11 is 3.06. The quantitative estimate of drug-likeness (QED) is 0.155. The summed E-state index contributed by atoms with van der Waals surface area (Å²) < 4.78 is 10.3. The van der Waals surface area contributed by atoms with Crippen molar-refractivity contribution in [2.75, 3.05) is 24.4 Å². The predicted molar refractivity (Wildman–Crippen MR) is 133 cm³/mol. The summed E-state index contributed by atoms with van der Waals surface area (Å²) in [5.74, 6) is -0.532. The normalized spacial score (nSPS) is 11.6. The number of anilines is 2. The summed E-state index contributed by atoms with van der Waals surface area (Å²) in [5, 5.41) is 36.2. The van der Waals surface area contributed by atoms with E-state index < -0.39 is 27.1 Å². The molecule has 2 rings (SSSR count). The first kappa shape index (κ1) is 28.1. The highest BCUT2D eigenvalue weighted by Gasteiger charge is 2.24. The van der Waals surface area contributed by atoms with Gasteiger partial charge in [0, 0.05) is 25.1 Å². The number of nitrogens with one attached hydrogen (secondary N) is 2. The van der Waals surface area contributed by atoms with Crippen molar-refractivity contribution in [3.8, 4) is 5.75 Å². The third-order valence-electron chi connectivity index (χ3n) is 4.50. The van der Waals surface area contributed by atoms with Gasteiger partial charge in [-0.15, -0.1) is 10.2 Å². The van der Waals surface area contributed by atoms with Crippen LogP contribution in [-0.2, 0) is 14.3 Å². The Morgan fingerprint density at radius 3 is 2.36 bits per heavy atom. The van der Waals surface area contributed by atoms with Crippen molar-refractivity contribution in [3.63, 3.8) is 0 Å². The molecule has 2 aromatic rings. The van der Waals surface area contributed by atoms with Crippen LogP contribution in [0.25, 0.3) is 0 Å². The zero-order valence-corrected chi connectivity index (χ0v) is 21.3. The number of carbonyl (C=O) groups is 2. The molecule has 0 aliphatic rings. The van der Waals surface area contributed by atoms with Crippen LogP contribution in [0.2, 0.25) is 0 Å². The van der Waals surface area contributed by atoms with Crippen LogP contribution in [0.4, 0.5) is 34.1 Å². The minimum atomic E-state index is -0.820. The fourth-order valence-corrected chi connectivity index (χ4v) is 3.54. The third-order valence-corrected chi connectivity index (χ3v) is 5.11. The van der Waals surface area contributed by atoms with Gasteiger partial charge in [-0.25, -0.2) is 0 Å². The molecular weight excluding hydrogens is 544 g/mol. The maximum absolute atomic E-state index is 11.8. The molecule has 0 aliphatic carbocycles. The van der Waals surface area contributed by atoms with Crippen molar-refractivity contribution in [1.29, 1.82) is 0 Å². The minimum absolute atomic E-state index is 0.0220. The Labute approximate surface area is 213 Å². The summed E-state index contributed by atoms with van der Waals surface area (Å²) in [5.41, 5.74) is -0.689. The number of halogens is 1. The van der Waals surface area contributed by atoms with Crippen molar-refractivity contribution in [1.82, 2.24) is 0 Å². The first-order chi connectivity index (χ1) is 17.0. The fraction of sp³-hybridized carbons (Fsp3) is 0.333. The number of rotatable bonds is 11. The number of hydrogen-bond donors (Lipinski definition) is 2. The van der Waals surface area contributed by atoms with Gasteiger partial charge in [-0.05, 0) is 35.8 Å². The van der Waals surface area contributed by atoms with E-state index in [4.69, 9.17) is 9.47 Å². The van der Waals surface area contributed by atoms with Crippen molar-refractivity contribution in [2.24, 2.45) is 10.2 Å². The zero-order chi connectivity index (χ0) is 27.0. The van der Waals surface area contributed by atoms with Gasteiger partial charge in [-0.3, -0.25) is 29.8 Å². The van der Waals surface area contributed by atoms with E-state index >= 15 is 0 Å². The summed E-state index contributed by atoms with van der Waals surface area (Å²) in [6.45, 7) is 4.99. The fourth-order valence-electron chi connectivity index (χ4n) is 3.03. The second-order valence-electron chi connectivity index (χ2n) is 7.31. The highest BCUT2D eigenvalue weighted by atomic mass is 79.9. The lowest BCUT2D eigenvalue weighted by molar-refractivity contribution is -0.393. The highest BCUT2D eigenvalue weighted by Crippen LogP contribution is 2.42. The van der Waals surface area contributed by atoms with Crippen molar-refractivity contribution in [3.05, 3.63) is 49.0 Å². The summed E-state index contributed by atoms with van der Waals surface area (Å²) in [7, 11) is 1.40. The lowest BCUT2D eigenvalue weighted by Crippen LogP contribution is -2.21. The number of hydrogen-bond acceptors (Lipinski definition) is 11. The maximum Gasteiger partial charge on any atom is 0.307 e. The van der Waals surface area contributed by atoms with E-state index in [1.165, 1.54) is 26.2 Å². The average molecular weight is 567 g/mol. The van der Waals surface area contributed by atoms with Crippen LogP contribution in [0.1, 0.15) is 27.2 Å². The van der Waals surface area contributed by atoms with Gasteiger partial charge in [0.2, 0.25) is 5.91 Å². The number of carbonyl (C=O) groups excluding carboxylic acids is 2. The number of non-ortho nitro benzene ring substituents is 1. The smallest absolute Gasteiger partial charge is 0.307 e. The number of ether oxygens (including phenoxy) is 2. The van der Waals surface area contributed by atoms with Crippen LogP contribution < -0.4 is 15.4 Å². The van der Waals surface area contributed by atoms with Crippen LogP contribution in [0, 0.1) is 20.2 Å². The third kappa shape index (κ3) is 7.43. The van der Waals surface area contributed by atoms with Gasteiger partial charge in [0.05, 0.1) is 51.9 Å². The molecule has 0 bridgehead atoms. The Morgan fingerprint density at radius 1 is 1.11 bits per heavy atom. The largest absolute Gasteiger partial charge is 0.495 e. The molecule has 2 N–H and O–H groups in total. The summed E-state index contributed by atoms with van der Waals surface area (Å²) in [4.78, 5) is 44.5. The molecule has 0 saturated heterocycles. The van der Waals surface area contributed by atoms with Gasteiger partial charge in [0.25, 0.3) is 5.69 Å². The van der Waals surface area contributed by atoms with Crippen molar-refractivity contribution in [2.45, 2.75) is 33.2 Å². The Balaban J connectivity index is 2.52. The zero-order valence-electron chi connectivity index (χ0n) is 19.7. The summed E-state index contributed by atoms with van der Waals surface area (Å²) in [6.07, 6.45) is 0.0752. The van der Waals surface area contributed by atoms with E-state index in [0.717, 1.165) is 12.1 Å². The molecule has 0 radical (unpaired) electrons. The van der Waals surface area contributed by atoms with Gasteiger partial charge in [-0.1, -0.05) is 0 Å². The molecule has 192 valence electrons. The number of benzene rings is 2. The van der Waals surface area contributed by atoms with Crippen molar-refractivity contribution >= 4 is 61.9 Å². The highest BCUT2D eigenvalue weighted by molar-refractivity contribution is 9.10. The molecule has 14 nitrogen and oxygen atoms in total. The molecule has 0 heterocycles. The number of nitrogens with zero attached hydrogens (tertiary/aromatic N) is 4. The number of nitro benzene ring substituents is 2. The Bertz CT molecular complexity index is 1220. The van der Waals surface area contributed by atoms with Crippen LogP contribution in [0.3, 0.4) is 0 Å². The first-order valence-corrected chi connectivity index (χ1v) is 11.2. The molecule has 0 aromatic heterocycles. The SMILES string of the molecule is CCOC(=O)CC(C)Nc1cc(NC(C)=O)c(N=Nc2c(Br)cc([N+](=O)[O-])cc2[N+](=O)[O-])cc1OC. The lowest BCUT2D eigenvalue weighted by atomic mass is 10.1. The average Bonchev–Trinajstić information content (AvgIpc) is 2.78. The molecule has 0 spiro atoms. The second-order valence-corrected chi connectivity index (χ2v) is 8.17. The van der Waals surface area contributed by atoms with E-state index in [2.05, 4.69) is 36.8 Å². The van der Waals surface area contributed by atoms with Crippen LogP contribution in [0.15, 0.2) is 39.0 Å². The van der Waals surface area contributed by atoms with E-state index in [0.29, 0.717) is 5.69 Å². The Hall–Kier alpha value is -4.14. The first-order valence-electron chi connectivity index (χ1n) is 10.4. The minimum Gasteiger partial charge on any atom is -0.495 e. The van der Waals surface area contributed by atoms with Gasteiger partial charge in [-0.2, -0.15) is 0 Å². The number of azo groups is 1. The molecule has 0 fully saturated rings. The molecule has 2 aromatic carbocycles. The van der Waals surface area contributed by atoms with Gasteiger partial charge in [0.1, 0.15) is 11.4 Å². The molecule has 1 atom stereocenters. The number of methoxy groups -OCH3 is 1.